The van der Waals surface area contributed by atoms with Crippen LogP contribution in [0.5, 0.6) is 0 Å². The molecule has 1 aromatic rings. The van der Waals surface area contributed by atoms with Gasteiger partial charge in [-0.25, -0.2) is 8.42 Å². The van der Waals surface area contributed by atoms with Gasteiger partial charge in [-0.2, -0.15) is 11.8 Å². The van der Waals surface area contributed by atoms with E-state index in [-0.39, 0.29) is 21.4 Å². The molecule has 1 atom stereocenters. The molecule has 1 aromatic carbocycles. The Morgan fingerprint density at radius 3 is 2.42 bits per heavy atom. The lowest BCUT2D eigenvalue weighted by molar-refractivity contribution is -0.122. The van der Waals surface area contributed by atoms with Crippen LogP contribution in [0, 0.1) is 0 Å². The smallest absolute Gasteiger partial charge is 0.243 e. The number of nitrogens with zero attached hydrogens (tertiary/aromatic N) is 1. The van der Waals surface area contributed by atoms with Gasteiger partial charge in [0.1, 0.15) is 6.04 Å². The first-order valence-corrected chi connectivity index (χ1v) is 11.8. The van der Waals surface area contributed by atoms with E-state index in [0.29, 0.717) is 18.0 Å². The Bertz CT molecular complexity index is 734. The summed E-state index contributed by atoms with van der Waals surface area (Å²) in [6.45, 7) is 8.51. The number of carbonyl (C=O) groups excluding carboxylic acids is 1. The third-order valence-corrected chi connectivity index (χ3v) is 6.41. The molecule has 1 rings (SSSR count). The maximum absolute atomic E-state index is 12.7. The summed E-state index contributed by atoms with van der Waals surface area (Å²) in [7, 11) is -3.74. The van der Waals surface area contributed by atoms with Crippen molar-refractivity contribution in [1.82, 2.24) is 5.32 Å². The van der Waals surface area contributed by atoms with Crippen molar-refractivity contribution in [2.45, 2.75) is 44.9 Å². The molecule has 1 amide bonds. The van der Waals surface area contributed by atoms with Crippen LogP contribution in [0.15, 0.2) is 18.2 Å². The fourth-order valence-electron chi connectivity index (χ4n) is 2.34. The van der Waals surface area contributed by atoms with Crippen LogP contribution in [-0.4, -0.2) is 43.7 Å². The van der Waals surface area contributed by atoms with Crippen molar-refractivity contribution in [2.75, 3.05) is 22.9 Å². The third kappa shape index (κ3) is 7.18. The van der Waals surface area contributed by atoms with Gasteiger partial charge in [0.15, 0.2) is 0 Å². The molecule has 0 saturated heterocycles. The largest absolute Gasteiger partial charge is 0.353 e. The number of rotatable bonds is 8. The second kappa shape index (κ2) is 9.53. The van der Waals surface area contributed by atoms with E-state index in [1.807, 2.05) is 0 Å². The summed E-state index contributed by atoms with van der Waals surface area (Å²) in [5.74, 6) is 0.381. The quantitative estimate of drug-likeness (QED) is 0.615. The van der Waals surface area contributed by atoms with Gasteiger partial charge in [-0.1, -0.05) is 50.9 Å². The Hall–Kier alpha value is -0.630. The van der Waals surface area contributed by atoms with Crippen LogP contribution in [0.4, 0.5) is 5.69 Å². The molecule has 0 spiro atoms. The van der Waals surface area contributed by atoms with E-state index in [4.69, 9.17) is 23.2 Å². The van der Waals surface area contributed by atoms with Crippen LogP contribution in [0.25, 0.3) is 0 Å². The highest BCUT2D eigenvalue weighted by molar-refractivity contribution is 8.00. The zero-order valence-corrected chi connectivity index (χ0v) is 18.8. The number of hydrogen-bond acceptors (Lipinski definition) is 4. The zero-order chi connectivity index (χ0) is 20.1. The van der Waals surface area contributed by atoms with Crippen molar-refractivity contribution >= 4 is 56.6 Å². The van der Waals surface area contributed by atoms with Gasteiger partial charge in [0, 0.05) is 22.1 Å². The van der Waals surface area contributed by atoms with Gasteiger partial charge >= 0.3 is 0 Å². The Morgan fingerprint density at radius 2 is 1.92 bits per heavy atom. The van der Waals surface area contributed by atoms with Gasteiger partial charge in [-0.05, 0) is 24.6 Å². The normalized spacial score (nSPS) is 13.3. The molecule has 0 aliphatic heterocycles. The average Bonchev–Trinajstić information content (AvgIpc) is 2.49. The molecule has 26 heavy (non-hydrogen) atoms. The molecule has 5 nitrogen and oxygen atoms in total. The molecule has 0 aliphatic rings. The number of carbonyl (C=O) groups is 1. The standard InChI is InChI=1S/C17H26Cl2N2O3S2/c1-6-14(16(22)20-9-10-25-17(2,3)4)21(26(5,23)24)15-11-12(18)7-8-13(15)19/h7-8,11,14H,6,9-10H2,1-5H3,(H,20,22). The van der Waals surface area contributed by atoms with Gasteiger partial charge in [0.2, 0.25) is 15.9 Å². The summed E-state index contributed by atoms with van der Waals surface area (Å²) in [5, 5.41) is 3.38. The second-order valence-electron chi connectivity index (χ2n) is 6.83. The Balaban J connectivity index is 3.04. The predicted octanol–water partition coefficient (Wildman–Crippen LogP) is 4.19. The van der Waals surface area contributed by atoms with Gasteiger partial charge < -0.3 is 5.32 Å². The minimum absolute atomic E-state index is 0.0992. The highest BCUT2D eigenvalue weighted by Crippen LogP contribution is 2.33. The molecule has 0 aliphatic carbocycles. The molecule has 0 radical (unpaired) electrons. The number of nitrogens with one attached hydrogen (secondary N) is 1. The molecule has 0 heterocycles. The van der Waals surface area contributed by atoms with E-state index in [2.05, 4.69) is 26.1 Å². The topological polar surface area (TPSA) is 66.5 Å². The third-order valence-electron chi connectivity index (χ3n) is 3.41. The molecule has 0 bridgehead atoms. The number of hydrogen-bond donors (Lipinski definition) is 1. The summed E-state index contributed by atoms with van der Waals surface area (Å²) >= 11 is 13.9. The van der Waals surface area contributed by atoms with E-state index in [1.54, 1.807) is 24.8 Å². The van der Waals surface area contributed by atoms with E-state index >= 15 is 0 Å². The Morgan fingerprint density at radius 1 is 1.31 bits per heavy atom. The first-order chi connectivity index (χ1) is 11.9. The van der Waals surface area contributed by atoms with Gasteiger partial charge in [-0.15, -0.1) is 0 Å². The first-order valence-electron chi connectivity index (χ1n) is 8.23. The second-order valence-corrected chi connectivity index (χ2v) is 11.5. The van der Waals surface area contributed by atoms with Crippen LogP contribution in [0.2, 0.25) is 10.0 Å². The highest BCUT2D eigenvalue weighted by Gasteiger charge is 2.32. The fourth-order valence-corrected chi connectivity index (χ4v) is 4.80. The number of anilines is 1. The number of sulfonamides is 1. The van der Waals surface area contributed by atoms with Gasteiger partial charge in [0.05, 0.1) is 17.0 Å². The van der Waals surface area contributed by atoms with Crippen molar-refractivity contribution in [2.24, 2.45) is 0 Å². The van der Waals surface area contributed by atoms with Crippen molar-refractivity contribution < 1.29 is 13.2 Å². The van der Waals surface area contributed by atoms with E-state index < -0.39 is 16.1 Å². The molecule has 1 N–H and O–H groups in total. The van der Waals surface area contributed by atoms with Crippen molar-refractivity contribution in [3.63, 3.8) is 0 Å². The number of thioether (sulfide) groups is 1. The molecule has 0 aromatic heterocycles. The molecule has 9 heteroatoms. The maximum atomic E-state index is 12.7. The molecular weight excluding hydrogens is 415 g/mol. The highest BCUT2D eigenvalue weighted by atomic mass is 35.5. The van der Waals surface area contributed by atoms with Crippen LogP contribution in [0.1, 0.15) is 34.1 Å². The van der Waals surface area contributed by atoms with E-state index in [1.165, 1.54) is 12.1 Å². The number of benzene rings is 1. The van der Waals surface area contributed by atoms with Crippen molar-refractivity contribution in [3.8, 4) is 0 Å². The number of amides is 1. The molecule has 148 valence electrons. The molecule has 1 unspecified atom stereocenters. The summed E-state index contributed by atoms with van der Waals surface area (Å²) < 4.78 is 26.0. The van der Waals surface area contributed by atoms with E-state index in [9.17, 15) is 13.2 Å². The summed E-state index contributed by atoms with van der Waals surface area (Å²) in [6, 6.07) is 3.64. The zero-order valence-electron chi connectivity index (χ0n) is 15.7. The van der Waals surface area contributed by atoms with Crippen LogP contribution < -0.4 is 9.62 Å². The van der Waals surface area contributed by atoms with Crippen molar-refractivity contribution in [3.05, 3.63) is 28.2 Å². The summed E-state index contributed by atoms with van der Waals surface area (Å²) in [6.07, 6.45) is 1.35. The van der Waals surface area contributed by atoms with Gasteiger partial charge in [0.25, 0.3) is 0 Å². The summed E-state index contributed by atoms with van der Waals surface area (Å²) in [4.78, 5) is 12.7. The lowest BCUT2D eigenvalue weighted by atomic mass is 10.2. The number of halogens is 2. The lowest BCUT2D eigenvalue weighted by Gasteiger charge is -2.31. The Kier molecular flexibility index (Phi) is 8.58. The van der Waals surface area contributed by atoms with Crippen LogP contribution in [-0.2, 0) is 14.8 Å². The van der Waals surface area contributed by atoms with Gasteiger partial charge in [-0.3, -0.25) is 9.10 Å². The predicted molar refractivity (Wildman–Crippen MR) is 113 cm³/mol. The SMILES string of the molecule is CCC(C(=O)NCCSC(C)(C)C)N(c1cc(Cl)ccc1Cl)S(C)(=O)=O. The molecule has 0 saturated carbocycles. The molecular formula is C17H26Cl2N2O3S2. The van der Waals surface area contributed by atoms with E-state index in [0.717, 1.165) is 16.3 Å². The average molecular weight is 441 g/mol. The van der Waals surface area contributed by atoms with Crippen molar-refractivity contribution in [1.29, 1.82) is 0 Å². The lowest BCUT2D eigenvalue weighted by Crippen LogP contribution is -2.49. The van der Waals surface area contributed by atoms with Crippen LogP contribution >= 0.6 is 35.0 Å². The maximum Gasteiger partial charge on any atom is 0.243 e. The first kappa shape index (κ1) is 23.4. The molecule has 0 fully saturated rings. The Labute approximate surface area is 170 Å². The van der Waals surface area contributed by atoms with Crippen LogP contribution in [0.3, 0.4) is 0 Å². The summed E-state index contributed by atoms with van der Waals surface area (Å²) in [5.41, 5.74) is 0.202. The monoisotopic (exact) mass is 440 g/mol. The fraction of sp³-hybridized carbons (Fsp3) is 0.588. The minimum atomic E-state index is -3.74. The minimum Gasteiger partial charge on any atom is -0.353 e.